The number of aromatic nitrogens is 4. The molecule has 0 fully saturated rings. The number of hydrogen-bond donors (Lipinski definition) is 1. The molecule has 0 saturated carbocycles. The van der Waals surface area contributed by atoms with E-state index in [0.717, 1.165) is 24.5 Å². The first-order valence-corrected chi connectivity index (χ1v) is 5.99. The van der Waals surface area contributed by atoms with Crippen molar-refractivity contribution in [3.05, 3.63) is 30.4 Å². The lowest BCUT2D eigenvalue weighted by Gasteiger charge is -2.03. The summed E-state index contributed by atoms with van der Waals surface area (Å²) >= 11 is 0. The molecule has 0 aliphatic heterocycles. The lowest BCUT2D eigenvalue weighted by molar-refractivity contribution is 0.532. The van der Waals surface area contributed by atoms with Crippen LogP contribution in [0.4, 0.5) is 5.69 Å². The van der Waals surface area contributed by atoms with Gasteiger partial charge in [0.05, 0.1) is 24.1 Å². The predicted octanol–water partition coefficient (Wildman–Crippen LogP) is 2.29. The minimum Gasteiger partial charge on any atom is -0.377 e. The minimum atomic E-state index is 0.393. The highest BCUT2D eigenvalue weighted by molar-refractivity contribution is 5.38. The molecule has 0 aliphatic carbocycles. The van der Waals surface area contributed by atoms with Gasteiger partial charge in [-0.1, -0.05) is 0 Å². The Morgan fingerprint density at radius 3 is 2.82 bits per heavy atom. The number of nitrogens with one attached hydrogen (secondary N) is 1. The highest BCUT2D eigenvalue weighted by Gasteiger charge is 2.02. The Bertz CT molecular complexity index is 469. The molecule has 0 amide bonds. The fourth-order valence-electron chi connectivity index (χ4n) is 1.58. The van der Waals surface area contributed by atoms with Gasteiger partial charge in [-0.05, 0) is 26.8 Å². The SMILES string of the molecule is CCn1ccc(CNc2cnn(C(C)C)c2)n1. The lowest BCUT2D eigenvalue weighted by Crippen LogP contribution is -2.02. The molecule has 92 valence electrons. The van der Waals surface area contributed by atoms with Gasteiger partial charge in [0.1, 0.15) is 0 Å². The number of nitrogens with zero attached hydrogens (tertiary/aromatic N) is 4. The van der Waals surface area contributed by atoms with Crippen LogP contribution in [0.25, 0.3) is 0 Å². The maximum absolute atomic E-state index is 4.41. The van der Waals surface area contributed by atoms with Crippen LogP contribution < -0.4 is 5.32 Å². The van der Waals surface area contributed by atoms with Gasteiger partial charge in [-0.2, -0.15) is 10.2 Å². The van der Waals surface area contributed by atoms with Crippen LogP contribution in [0.2, 0.25) is 0 Å². The molecule has 0 radical (unpaired) electrons. The van der Waals surface area contributed by atoms with E-state index in [2.05, 4.69) is 36.3 Å². The molecular weight excluding hydrogens is 214 g/mol. The summed E-state index contributed by atoms with van der Waals surface area (Å²) in [5.41, 5.74) is 2.08. The third-order valence-corrected chi connectivity index (χ3v) is 2.62. The summed E-state index contributed by atoms with van der Waals surface area (Å²) in [6, 6.07) is 2.42. The van der Waals surface area contributed by atoms with Gasteiger partial charge in [0.15, 0.2) is 0 Å². The molecule has 2 aromatic heterocycles. The van der Waals surface area contributed by atoms with Crippen molar-refractivity contribution in [3.8, 4) is 0 Å². The van der Waals surface area contributed by atoms with Gasteiger partial charge in [0.25, 0.3) is 0 Å². The first-order chi connectivity index (χ1) is 8.19. The van der Waals surface area contributed by atoms with Crippen molar-refractivity contribution in [1.82, 2.24) is 19.6 Å². The third-order valence-electron chi connectivity index (χ3n) is 2.62. The van der Waals surface area contributed by atoms with Crippen molar-refractivity contribution >= 4 is 5.69 Å². The Labute approximate surface area is 101 Å². The molecule has 0 bridgehead atoms. The van der Waals surface area contributed by atoms with Gasteiger partial charge < -0.3 is 5.32 Å². The Hall–Kier alpha value is -1.78. The topological polar surface area (TPSA) is 47.7 Å². The van der Waals surface area contributed by atoms with Gasteiger partial charge in [-0.15, -0.1) is 0 Å². The largest absolute Gasteiger partial charge is 0.377 e. The maximum atomic E-state index is 4.41. The molecule has 2 heterocycles. The van der Waals surface area contributed by atoms with Gasteiger partial charge in [0, 0.05) is 25.0 Å². The van der Waals surface area contributed by atoms with E-state index in [0.29, 0.717) is 6.04 Å². The zero-order chi connectivity index (χ0) is 12.3. The zero-order valence-electron chi connectivity index (χ0n) is 10.6. The van der Waals surface area contributed by atoms with E-state index in [1.807, 2.05) is 34.0 Å². The van der Waals surface area contributed by atoms with E-state index in [1.54, 1.807) is 0 Å². The average molecular weight is 233 g/mol. The van der Waals surface area contributed by atoms with Crippen molar-refractivity contribution in [2.24, 2.45) is 0 Å². The molecule has 0 saturated heterocycles. The molecule has 0 unspecified atom stereocenters. The summed E-state index contributed by atoms with van der Waals surface area (Å²) in [5, 5.41) is 12.0. The van der Waals surface area contributed by atoms with Gasteiger partial charge in [-0.3, -0.25) is 9.36 Å². The number of rotatable bonds is 5. The summed E-state index contributed by atoms with van der Waals surface area (Å²) in [4.78, 5) is 0. The van der Waals surface area contributed by atoms with Crippen molar-refractivity contribution in [2.45, 2.75) is 39.9 Å². The molecule has 0 atom stereocenters. The quantitative estimate of drug-likeness (QED) is 0.862. The predicted molar refractivity (Wildman–Crippen MR) is 67.8 cm³/mol. The van der Waals surface area contributed by atoms with E-state index in [9.17, 15) is 0 Å². The molecule has 0 aliphatic rings. The smallest absolute Gasteiger partial charge is 0.0815 e. The Balaban J connectivity index is 1.92. The summed E-state index contributed by atoms with van der Waals surface area (Å²) < 4.78 is 3.86. The second kappa shape index (κ2) is 5.03. The fourth-order valence-corrected chi connectivity index (χ4v) is 1.58. The number of anilines is 1. The molecule has 5 nitrogen and oxygen atoms in total. The second-order valence-electron chi connectivity index (χ2n) is 4.32. The van der Waals surface area contributed by atoms with Crippen molar-refractivity contribution in [2.75, 3.05) is 5.32 Å². The van der Waals surface area contributed by atoms with E-state index in [1.165, 1.54) is 0 Å². The first kappa shape index (κ1) is 11.7. The monoisotopic (exact) mass is 233 g/mol. The normalized spacial score (nSPS) is 11.1. The Kier molecular flexibility index (Phi) is 3.46. The number of aryl methyl sites for hydroxylation is 1. The highest BCUT2D eigenvalue weighted by atomic mass is 15.3. The minimum absolute atomic E-state index is 0.393. The Morgan fingerprint density at radius 1 is 1.41 bits per heavy atom. The van der Waals surface area contributed by atoms with Crippen LogP contribution >= 0.6 is 0 Å². The highest BCUT2D eigenvalue weighted by Crippen LogP contribution is 2.10. The van der Waals surface area contributed by atoms with E-state index in [-0.39, 0.29) is 0 Å². The molecule has 0 spiro atoms. The van der Waals surface area contributed by atoms with Gasteiger partial charge in [-0.25, -0.2) is 0 Å². The van der Waals surface area contributed by atoms with Crippen molar-refractivity contribution in [3.63, 3.8) is 0 Å². The van der Waals surface area contributed by atoms with Crippen LogP contribution in [0.3, 0.4) is 0 Å². The zero-order valence-corrected chi connectivity index (χ0v) is 10.6. The van der Waals surface area contributed by atoms with Crippen LogP contribution in [-0.2, 0) is 13.1 Å². The van der Waals surface area contributed by atoms with Crippen LogP contribution in [0.1, 0.15) is 32.5 Å². The van der Waals surface area contributed by atoms with E-state index in [4.69, 9.17) is 0 Å². The molecule has 0 aromatic carbocycles. The van der Waals surface area contributed by atoms with Crippen molar-refractivity contribution in [1.29, 1.82) is 0 Å². The summed E-state index contributed by atoms with van der Waals surface area (Å²) in [7, 11) is 0. The molecular formula is C12H19N5. The molecule has 2 aromatic rings. The molecule has 2 rings (SSSR count). The lowest BCUT2D eigenvalue weighted by atomic mass is 10.4. The molecule has 5 heteroatoms. The molecule has 17 heavy (non-hydrogen) atoms. The number of hydrogen-bond acceptors (Lipinski definition) is 3. The van der Waals surface area contributed by atoms with Crippen LogP contribution in [0, 0.1) is 0 Å². The van der Waals surface area contributed by atoms with Gasteiger partial charge >= 0.3 is 0 Å². The van der Waals surface area contributed by atoms with Crippen LogP contribution in [-0.4, -0.2) is 19.6 Å². The van der Waals surface area contributed by atoms with Crippen LogP contribution in [0.5, 0.6) is 0 Å². The van der Waals surface area contributed by atoms with Gasteiger partial charge in [0.2, 0.25) is 0 Å². The fraction of sp³-hybridized carbons (Fsp3) is 0.500. The van der Waals surface area contributed by atoms with Crippen molar-refractivity contribution < 1.29 is 0 Å². The Morgan fingerprint density at radius 2 is 2.24 bits per heavy atom. The summed E-state index contributed by atoms with van der Waals surface area (Å²) in [6.45, 7) is 7.94. The maximum Gasteiger partial charge on any atom is 0.0815 e. The summed E-state index contributed by atoms with van der Waals surface area (Å²) in [5.74, 6) is 0. The van der Waals surface area contributed by atoms with E-state index >= 15 is 0 Å². The molecule has 1 N–H and O–H groups in total. The summed E-state index contributed by atoms with van der Waals surface area (Å²) in [6.07, 6.45) is 5.85. The first-order valence-electron chi connectivity index (χ1n) is 5.99. The average Bonchev–Trinajstić information content (AvgIpc) is 2.95. The second-order valence-corrected chi connectivity index (χ2v) is 4.32. The standard InChI is InChI=1S/C12H19N5/c1-4-16-6-5-11(15-16)7-13-12-8-14-17(9-12)10(2)3/h5-6,8-10,13H,4,7H2,1-3H3. The van der Waals surface area contributed by atoms with Crippen LogP contribution in [0.15, 0.2) is 24.7 Å². The van der Waals surface area contributed by atoms with E-state index < -0.39 is 0 Å². The third kappa shape index (κ3) is 2.87.